The molecule has 0 aliphatic heterocycles. The van der Waals surface area contributed by atoms with Crippen LogP contribution in [0.1, 0.15) is 5.48 Å². The summed E-state index contributed by atoms with van der Waals surface area (Å²) >= 11 is 0. The minimum atomic E-state index is -0.208. The van der Waals surface area contributed by atoms with Gasteiger partial charge in [-0.15, -0.1) is 29.8 Å². The monoisotopic (exact) mass is 713 g/mol. The van der Waals surface area contributed by atoms with E-state index in [1.54, 1.807) is 18.2 Å². The second kappa shape index (κ2) is 11.4. The number of hydrogen-bond acceptors (Lipinski definition) is 3. The number of fused-ring (bicyclic) bond motifs is 1. The van der Waals surface area contributed by atoms with Gasteiger partial charge in [-0.05, 0) is 47.5 Å². The van der Waals surface area contributed by atoms with Crippen molar-refractivity contribution in [3.63, 3.8) is 0 Å². The fraction of sp³-hybridized carbons (Fsp3) is 0. The number of nitrogens with zero attached hydrogens (tertiary/aromatic N) is 3. The third-order valence-corrected chi connectivity index (χ3v) is 6.78. The van der Waals surface area contributed by atoms with Crippen LogP contribution in [0.3, 0.4) is 0 Å². The van der Waals surface area contributed by atoms with E-state index in [0.717, 1.165) is 16.8 Å². The van der Waals surface area contributed by atoms with Gasteiger partial charge in [-0.1, -0.05) is 89.9 Å². The summed E-state index contributed by atoms with van der Waals surface area (Å²) in [5.41, 5.74) is 6.20. The predicted molar refractivity (Wildman–Crippen MR) is 161 cm³/mol. The summed E-state index contributed by atoms with van der Waals surface area (Å²) in [7, 11) is 0. The molecule has 0 unspecified atom stereocenters. The molecule has 0 fully saturated rings. The standard InChI is InChI=1S/C36H24N3O.Pt/c40-34-20-8-7-17-31(34)36-38-35-30(18-10-19-33(35)39(36)29-15-5-2-6-16-29)27-13-9-14-28(23-27)32-24-26(21-22-37-32)25-11-3-1-4-12-25;/h1-22,24,40H;/q-1;/i8D,21D,22D,24D;. The van der Waals surface area contributed by atoms with E-state index >= 15 is 0 Å². The molecule has 2 aromatic heterocycles. The molecule has 0 amide bonds. The van der Waals surface area contributed by atoms with E-state index in [1.165, 1.54) is 6.07 Å². The van der Waals surface area contributed by atoms with Gasteiger partial charge in [0.1, 0.15) is 11.6 Å². The Balaban J connectivity index is 0.00000357. The Bertz CT molecular complexity index is 2190. The van der Waals surface area contributed by atoms with Gasteiger partial charge < -0.3 is 5.11 Å². The number of hydrogen-bond donors (Lipinski definition) is 1. The molecule has 200 valence electrons. The van der Waals surface area contributed by atoms with Gasteiger partial charge in [0.05, 0.1) is 22.1 Å². The molecular weight excluding hydrogens is 685 g/mol. The number of para-hydroxylation sites is 3. The van der Waals surface area contributed by atoms with Gasteiger partial charge in [0, 0.05) is 38.6 Å². The summed E-state index contributed by atoms with van der Waals surface area (Å²) in [4.78, 5) is 9.38. The molecule has 4 nitrogen and oxygen atoms in total. The third kappa shape index (κ3) is 4.99. The van der Waals surface area contributed by atoms with Crippen molar-refractivity contribution in [2.75, 3.05) is 0 Å². The van der Waals surface area contributed by atoms with Crippen LogP contribution in [0.2, 0.25) is 0 Å². The molecule has 0 radical (unpaired) electrons. The van der Waals surface area contributed by atoms with E-state index in [2.05, 4.69) is 11.1 Å². The van der Waals surface area contributed by atoms with Crippen LogP contribution >= 0.6 is 0 Å². The first-order valence-corrected chi connectivity index (χ1v) is 12.8. The SMILES string of the molecule is [2H]c1ccc(-c2nc3c(-c4[c-]c(-c5nc([2H])c([2H])c(-c6ccccc6)c5[2H])ccc4)cccc3n2-c2ccccc2)c(O)c1.[Pt]. The number of phenols is 1. The van der Waals surface area contributed by atoms with Crippen molar-refractivity contribution in [2.45, 2.75) is 0 Å². The third-order valence-electron chi connectivity index (χ3n) is 6.78. The van der Waals surface area contributed by atoms with Crippen LogP contribution in [0.5, 0.6) is 5.75 Å². The van der Waals surface area contributed by atoms with Gasteiger partial charge in [-0.3, -0.25) is 9.55 Å². The van der Waals surface area contributed by atoms with Gasteiger partial charge in [0.2, 0.25) is 0 Å². The summed E-state index contributed by atoms with van der Waals surface area (Å²) in [6.07, 6.45) is -0.208. The number of rotatable bonds is 5. The second-order valence-electron chi connectivity index (χ2n) is 9.26. The number of imidazole rings is 1. The molecule has 5 aromatic carbocycles. The van der Waals surface area contributed by atoms with Crippen molar-refractivity contribution in [3.8, 4) is 56.3 Å². The quantitative estimate of drug-likeness (QED) is 0.182. The molecule has 0 aliphatic rings. The van der Waals surface area contributed by atoms with Crippen LogP contribution in [-0.2, 0) is 21.1 Å². The van der Waals surface area contributed by atoms with E-state index in [1.807, 2.05) is 95.6 Å². The number of pyridine rings is 1. The number of benzene rings is 5. The van der Waals surface area contributed by atoms with Gasteiger partial charge >= 0.3 is 0 Å². The minimum Gasteiger partial charge on any atom is -0.507 e. The molecule has 5 heteroatoms. The first-order valence-electron chi connectivity index (χ1n) is 14.8. The first kappa shape index (κ1) is 22.0. The molecule has 2 heterocycles. The Morgan fingerprint density at radius 2 is 1.44 bits per heavy atom. The molecule has 0 saturated carbocycles. The molecule has 0 atom stereocenters. The van der Waals surface area contributed by atoms with Crippen LogP contribution in [0.4, 0.5) is 0 Å². The Labute approximate surface area is 258 Å². The maximum Gasteiger partial charge on any atom is 0.148 e. The van der Waals surface area contributed by atoms with Crippen LogP contribution in [0.15, 0.2) is 140 Å². The summed E-state index contributed by atoms with van der Waals surface area (Å²) in [5, 5.41) is 10.8. The average Bonchev–Trinajstić information content (AvgIpc) is 3.43. The van der Waals surface area contributed by atoms with Gasteiger partial charge in [-0.25, -0.2) is 4.98 Å². The van der Waals surface area contributed by atoms with Crippen LogP contribution in [0.25, 0.3) is 61.6 Å². The summed E-state index contributed by atoms with van der Waals surface area (Å²) in [6, 6.07) is 38.7. The van der Waals surface area contributed by atoms with E-state index < -0.39 is 0 Å². The summed E-state index contributed by atoms with van der Waals surface area (Å²) in [5.74, 6) is 0.493. The predicted octanol–water partition coefficient (Wildman–Crippen LogP) is 8.59. The first-order chi connectivity index (χ1) is 21.4. The smallest absolute Gasteiger partial charge is 0.148 e. The number of aromatic hydroxyl groups is 1. The van der Waals surface area contributed by atoms with Crippen molar-refractivity contribution >= 4 is 11.0 Å². The molecule has 0 aliphatic carbocycles. The average molecular weight is 714 g/mol. The Hall–Kier alpha value is -4.79. The molecule has 7 aromatic rings. The molecule has 0 saturated heterocycles. The second-order valence-corrected chi connectivity index (χ2v) is 9.26. The van der Waals surface area contributed by atoms with Gasteiger partial charge in [0.25, 0.3) is 0 Å². The normalized spacial score (nSPS) is 12.2. The minimum absolute atomic E-state index is 0. The zero-order valence-electron chi connectivity index (χ0n) is 25.6. The largest absolute Gasteiger partial charge is 0.507 e. The maximum absolute atomic E-state index is 10.8. The molecule has 41 heavy (non-hydrogen) atoms. The van der Waals surface area contributed by atoms with E-state index in [-0.39, 0.29) is 56.8 Å². The topological polar surface area (TPSA) is 50.9 Å². The van der Waals surface area contributed by atoms with Crippen LogP contribution < -0.4 is 0 Å². The van der Waals surface area contributed by atoms with E-state index in [9.17, 15) is 5.11 Å². The molecule has 1 N–H and O–H groups in total. The van der Waals surface area contributed by atoms with Crippen LogP contribution in [-0.4, -0.2) is 19.6 Å². The van der Waals surface area contributed by atoms with Crippen molar-refractivity contribution in [3.05, 3.63) is 146 Å². The van der Waals surface area contributed by atoms with Crippen molar-refractivity contribution in [2.24, 2.45) is 0 Å². The number of aromatic nitrogens is 3. The van der Waals surface area contributed by atoms with E-state index in [0.29, 0.717) is 39.2 Å². The summed E-state index contributed by atoms with van der Waals surface area (Å²) in [6.45, 7) is 0. The van der Waals surface area contributed by atoms with Gasteiger partial charge in [0.15, 0.2) is 0 Å². The molecule has 0 spiro atoms. The number of phenolic OH excluding ortho intramolecular Hbond substituents is 1. The fourth-order valence-corrected chi connectivity index (χ4v) is 4.90. The van der Waals surface area contributed by atoms with Gasteiger partial charge in [-0.2, -0.15) is 0 Å². The van der Waals surface area contributed by atoms with Crippen molar-refractivity contribution < 1.29 is 31.7 Å². The Morgan fingerprint density at radius 3 is 2.24 bits per heavy atom. The van der Waals surface area contributed by atoms with Crippen LogP contribution in [0, 0.1) is 6.07 Å². The Kier molecular flexibility index (Phi) is 6.09. The molecule has 7 rings (SSSR count). The van der Waals surface area contributed by atoms with Crippen molar-refractivity contribution in [1.29, 1.82) is 0 Å². The molecule has 0 bridgehead atoms. The Morgan fingerprint density at radius 1 is 0.707 bits per heavy atom. The maximum atomic E-state index is 10.8. The van der Waals surface area contributed by atoms with E-state index in [4.69, 9.17) is 10.5 Å². The van der Waals surface area contributed by atoms with Crippen molar-refractivity contribution in [1.82, 2.24) is 14.5 Å². The fourth-order valence-electron chi connectivity index (χ4n) is 4.90. The zero-order valence-corrected chi connectivity index (χ0v) is 23.8. The zero-order chi connectivity index (χ0) is 30.4. The molecular formula is C36H24N3OPt-. The summed E-state index contributed by atoms with van der Waals surface area (Å²) < 4.78 is 35.8.